The SMILES string of the molecule is CCC(CC)c1ccc(-c2ccn3nc4c(c3n2)C2CC4NC(=O)c3cccc(OC(F)F)c32)cn1. The summed E-state index contributed by atoms with van der Waals surface area (Å²) in [5.41, 5.74) is 5.66. The van der Waals surface area contributed by atoms with E-state index < -0.39 is 6.61 Å². The molecular formula is C27H25F2N5O2. The van der Waals surface area contributed by atoms with Crippen molar-refractivity contribution in [2.75, 3.05) is 0 Å². The second kappa shape index (κ2) is 8.65. The van der Waals surface area contributed by atoms with Gasteiger partial charge in [-0.05, 0) is 49.6 Å². The number of carbonyl (C=O) groups is 1. The highest BCUT2D eigenvalue weighted by atomic mass is 19.3. The zero-order chi connectivity index (χ0) is 25.0. The van der Waals surface area contributed by atoms with Crippen molar-refractivity contribution in [2.45, 2.75) is 57.6 Å². The van der Waals surface area contributed by atoms with E-state index in [1.807, 2.05) is 24.5 Å². The van der Waals surface area contributed by atoms with Gasteiger partial charge in [0.1, 0.15) is 5.75 Å². The number of nitrogens with zero attached hydrogens (tertiary/aromatic N) is 4. The molecule has 9 heteroatoms. The smallest absolute Gasteiger partial charge is 0.387 e. The summed E-state index contributed by atoms with van der Waals surface area (Å²) in [4.78, 5) is 22.5. The van der Waals surface area contributed by atoms with Crippen LogP contribution in [0, 0.1) is 0 Å². The Balaban J connectivity index is 1.47. The number of halogens is 2. The Morgan fingerprint density at radius 2 is 1.97 bits per heavy atom. The number of nitrogens with one attached hydrogen (secondary N) is 1. The Bertz CT molecular complexity index is 1460. The van der Waals surface area contributed by atoms with Crippen molar-refractivity contribution in [1.29, 1.82) is 0 Å². The first kappa shape index (κ1) is 22.6. The van der Waals surface area contributed by atoms with E-state index in [0.717, 1.165) is 35.4 Å². The number of benzene rings is 1. The van der Waals surface area contributed by atoms with Crippen LogP contribution in [0.1, 0.15) is 83.9 Å². The van der Waals surface area contributed by atoms with Crippen molar-refractivity contribution in [3.05, 3.63) is 76.9 Å². The van der Waals surface area contributed by atoms with Crippen molar-refractivity contribution >= 4 is 11.6 Å². The van der Waals surface area contributed by atoms with E-state index in [0.29, 0.717) is 34.8 Å². The van der Waals surface area contributed by atoms with Gasteiger partial charge in [-0.1, -0.05) is 19.9 Å². The molecule has 3 aromatic heterocycles. The lowest BCUT2D eigenvalue weighted by Crippen LogP contribution is -2.27. The maximum absolute atomic E-state index is 13.2. The van der Waals surface area contributed by atoms with Crippen LogP contribution >= 0.6 is 0 Å². The summed E-state index contributed by atoms with van der Waals surface area (Å²) < 4.78 is 33.0. The number of aromatic nitrogens is 4. The fraction of sp³-hybridized carbons (Fsp3) is 0.333. The third kappa shape index (κ3) is 3.53. The average Bonchev–Trinajstić information content (AvgIpc) is 3.37. The third-order valence-electron chi connectivity index (χ3n) is 7.37. The van der Waals surface area contributed by atoms with Gasteiger partial charge in [-0.2, -0.15) is 13.9 Å². The summed E-state index contributed by atoms with van der Waals surface area (Å²) in [5.74, 6) is -0.245. The molecule has 0 spiro atoms. The quantitative estimate of drug-likeness (QED) is 0.380. The molecule has 0 fully saturated rings. The Labute approximate surface area is 206 Å². The van der Waals surface area contributed by atoms with Crippen LogP contribution in [0.2, 0.25) is 0 Å². The number of hydrogen-bond donors (Lipinski definition) is 1. The molecule has 1 amide bonds. The Morgan fingerprint density at radius 3 is 2.69 bits per heavy atom. The van der Waals surface area contributed by atoms with Crippen LogP contribution < -0.4 is 10.1 Å². The molecule has 0 radical (unpaired) electrons. The molecule has 2 bridgehead atoms. The van der Waals surface area contributed by atoms with Crippen LogP contribution in [0.25, 0.3) is 16.9 Å². The predicted octanol–water partition coefficient (Wildman–Crippen LogP) is 5.62. The molecule has 184 valence electrons. The van der Waals surface area contributed by atoms with E-state index in [4.69, 9.17) is 14.8 Å². The number of amides is 1. The van der Waals surface area contributed by atoms with Crippen LogP contribution in [0.4, 0.5) is 8.78 Å². The first-order valence-corrected chi connectivity index (χ1v) is 12.2. The van der Waals surface area contributed by atoms with E-state index in [1.54, 1.807) is 16.6 Å². The van der Waals surface area contributed by atoms with Crippen LogP contribution in [0.3, 0.4) is 0 Å². The normalized spacial score (nSPS) is 18.3. The molecule has 1 aliphatic carbocycles. The van der Waals surface area contributed by atoms with Gasteiger partial charge in [0.15, 0.2) is 5.65 Å². The van der Waals surface area contributed by atoms with E-state index in [-0.39, 0.29) is 23.6 Å². The minimum atomic E-state index is -3.00. The number of fused-ring (bicyclic) bond motifs is 9. The van der Waals surface area contributed by atoms with Crippen LogP contribution in [0.15, 0.2) is 48.8 Å². The topological polar surface area (TPSA) is 81.4 Å². The van der Waals surface area contributed by atoms with Gasteiger partial charge in [-0.15, -0.1) is 0 Å². The maximum Gasteiger partial charge on any atom is 0.387 e. The highest BCUT2D eigenvalue weighted by Gasteiger charge is 2.44. The number of rotatable bonds is 6. The summed E-state index contributed by atoms with van der Waals surface area (Å²) in [7, 11) is 0. The molecule has 36 heavy (non-hydrogen) atoms. The highest BCUT2D eigenvalue weighted by molar-refractivity contribution is 5.98. The summed E-state index contributed by atoms with van der Waals surface area (Å²) in [5, 5.41) is 7.71. The molecule has 1 aromatic carbocycles. The van der Waals surface area contributed by atoms with Gasteiger partial charge >= 0.3 is 6.61 Å². The highest BCUT2D eigenvalue weighted by Crippen LogP contribution is 2.50. The van der Waals surface area contributed by atoms with E-state index >= 15 is 0 Å². The first-order valence-electron chi connectivity index (χ1n) is 12.2. The Hall–Kier alpha value is -3.88. The first-order chi connectivity index (χ1) is 17.5. The molecule has 7 nitrogen and oxygen atoms in total. The second-order valence-electron chi connectivity index (χ2n) is 9.28. The van der Waals surface area contributed by atoms with Gasteiger partial charge in [0.05, 0.1) is 17.4 Å². The van der Waals surface area contributed by atoms with Gasteiger partial charge in [0.25, 0.3) is 5.91 Å². The molecular weight excluding hydrogens is 464 g/mol. The van der Waals surface area contributed by atoms with Gasteiger partial charge in [0, 0.05) is 52.2 Å². The molecule has 0 saturated carbocycles. The van der Waals surface area contributed by atoms with Crippen molar-refractivity contribution in [3.8, 4) is 17.0 Å². The third-order valence-corrected chi connectivity index (χ3v) is 7.37. The lowest BCUT2D eigenvalue weighted by molar-refractivity contribution is -0.0505. The van der Waals surface area contributed by atoms with Crippen LogP contribution in [0.5, 0.6) is 5.75 Å². The van der Waals surface area contributed by atoms with Gasteiger partial charge in [-0.3, -0.25) is 9.78 Å². The number of carbonyl (C=O) groups excluding carboxylic acids is 1. The predicted molar refractivity (Wildman–Crippen MR) is 129 cm³/mol. The largest absolute Gasteiger partial charge is 0.434 e. The molecule has 0 saturated heterocycles. The fourth-order valence-corrected chi connectivity index (χ4v) is 5.61. The van der Waals surface area contributed by atoms with Crippen LogP contribution in [-0.4, -0.2) is 32.1 Å². The lowest BCUT2D eigenvalue weighted by atomic mass is 9.89. The number of ether oxygens (including phenoxy) is 1. The molecule has 1 aliphatic heterocycles. The number of hydrogen-bond acceptors (Lipinski definition) is 5. The Morgan fingerprint density at radius 1 is 1.14 bits per heavy atom. The molecule has 2 unspecified atom stereocenters. The zero-order valence-electron chi connectivity index (χ0n) is 19.9. The maximum atomic E-state index is 13.2. The van der Waals surface area contributed by atoms with E-state index in [2.05, 4.69) is 30.2 Å². The van der Waals surface area contributed by atoms with E-state index in [9.17, 15) is 13.6 Å². The van der Waals surface area contributed by atoms with Crippen molar-refractivity contribution in [1.82, 2.24) is 24.9 Å². The molecule has 2 aliphatic rings. The molecule has 4 heterocycles. The number of pyridine rings is 1. The van der Waals surface area contributed by atoms with Crippen molar-refractivity contribution in [2.24, 2.45) is 0 Å². The van der Waals surface area contributed by atoms with Gasteiger partial charge in [-0.25, -0.2) is 9.50 Å². The number of alkyl halides is 2. The summed E-state index contributed by atoms with van der Waals surface area (Å²) in [6, 6.07) is 10.3. The lowest BCUT2D eigenvalue weighted by Gasteiger charge is -2.18. The molecule has 2 atom stereocenters. The molecule has 6 rings (SSSR count). The second-order valence-corrected chi connectivity index (χ2v) is 9.28. The monoisotopic (exact) mass is 489 g/mol. The minimum Gasteiger partial charge on any atom is -0.434 e. The van der Waals surface area contributed by atoms with E-state index in [1.165, 1.54) is 6.07 Å². The summed E-state index contributed by atoms with van der Waals surface area (Å²) >= 11 is 0. The average molecular weight is 490 g/mol. The zero-order valence-corrected chi connectivity index (χ0v) is 19.9. The molecule has 1 N–H and O–H groups in total. The Kier molecular flexibility index (Phi) is 5.43. The van der Waals surface area contributed by atoms with Crippen molar-refractivity contribution < 1.29 is 18.3 Å². The van der Waals surface area contributed by atoms with Gasteiger partial charge < -0.3 is 10.1 Å². The standard InChI is InChI=1S/C27H25F2N5O2/c1-3-14(4-2)18-9-8-15(13-30-18)19-10-11-34-25(31-19)23-17-12-20(24(23)33-34)32-26(35)16-6-5-7-21(22(16)17)36-27(28)29/h5-11,13-14,17,20,27H,3-4,12H2,1-2H3,(H,32,35). The fourth-order valence-electron chi connectivity index (χ4n) is 5.61. The van der Waals surface area contributed by atoms with Gasteiger partial charge in [0.2, 0.25) is 0 Å². The molecule has 4 aromatic rings. The minimum absolute atomic E-state index is 0.00726. The summed E-state index contributed by atoms with van der Waals surface area (Å²) in [6.45, 7) is 1.33. The van der Waals surface area contributed by atoms with Crippen molar-refractivity contribution in [3.63, 3.8) is 0 Å². The van der Waals surface area contributed by atoms with Crippen LogP contribution in [-0.2, 0) is 0 Å². The summed E-state index contributed by atoms with van der Waals surface area (Å²) in [6.07, 6.45) is 6.26.